The molecule has 0 fully saturated rings. The van der Waals surface area contributed by atoms with Gasteiger partial charge in [-0.05, 0) is 26.1 Å². The Labute approximate surface area is 110 Å². The maximum absolute atomic E-state index is 4.57. The van der Waals surface area contributed by atoms with Crippen molar-refractivity contribution in [1.29, 1.82) is 0 Å². The lowest BCUT2D eigenvalue weighted by Gasteiger charge is -1.99. The Morgan fingerprint density at radius 2 is 2.06 bits per heavy atom. The lowest BCUT2D eigenvalue weighted by atomic mass is 10.2. The molecular weight excluding hydrogens is 248 g/mol. The Hall–Kier alpha value is -0.840. The number of nitrogens with zero attached hydrogens (tertiary/aromatic N) is 1. The zero-order valence-electron chi connectivity index (χ0n) is 10.1. The van der Waals surface area contributed by atoms with Crippen molar-refractivity contribution < 1.29 is 0 Å². The van der Waals surface area contributed by atoms with Gasteiger partial charge in [-0.1, -0.05) is 17.7 Å². The summed E-state index contributed by atoms with van der Waals surface area (Å²) < 4.78 is 0. The molecule has 0 aliphatic carbocycles. The lowest BCUT2D eigenvalue weighted by molar-refractivity contribution is 0.794. The average Bonchev–Trinajstić information content (AvgIpc) is 2.77. The fourth-order valence-corrected chi connectivity index (χ4v) is 3.17. The van der Waals surface area contributed by atoms with Gasteiger partial charge in [-0.15, -0.1) is 23.1 Å². The van der Waals surface area contributed by atoms with Crippen LogP contribution in [0.1, 0.15) is 16.3 Å². The minimum Gasteiger partial charge on any atom is -0.314 e. The van der Waals surface area contributed by atoms with Gasteiger partial charge in [0.15, 0.2) is 0 Å². The number of hydrogen-bond acceptors (Lipinski definition) is 4. The molecule has 90 valence electrons. The summed E-state index contributed by atoms with van der Waals surface area (Å²) >= 11 is 3.58. The van der Waals surface area contributed by atoms with Crippen LogP contribution in [-0.4, -0.2) is 12.0 Å². The molecule has 0 radical (unpaired) electrons. The third kappa shape index (κ3) is 3.84. The first-order chi connectivity index (χ1) is 8.28. The van der Waals surface area contributed by atoms with Crippen LogP contribution in [-0.2, 0) is 12.3 Å². The topological polar surface area (TPSA) is 24.9 Å². The van der Waals surface area contributed by atoms with Gasteiger partial charge >= 0.3 is 0 Å². The van der Waals surface area contributed by atoms with Gasteiger partial charge in [-0.25, -0.2) is 4.98 Å². The summed E-state index contributed by atoms with van der Waals surface area (Å²) in [5.41, 5.74) is 2.44. The van der Waals surface area contributed by atoms with Crippen LogP contribution in [0.4, 0.5) is 0 Å². The smallest absolute Gasteiger partial charge is 0.103 e. The first-order valence-electron chi connectivity index (χ1n) is 5.55. The first kappa shape index (κ1) is 12.6. The highest BCUT2D eigenvalue weighted by molar-refractivity contribution is 7.98. The quantitative estimate of drug-likeness (QED) is 0.837. The van der Waals surface area contributed by atoms with Gasteiger partial charge in [0, 0.05) is 16.8 Å². The standard InChI is InChI=1S/C13H16N2S2/c1-10-3-5-12(6-4-10)16-9-13-15-11(7-14-2)8-17-13/h3-6,8,14H,7,9H2,1-2H3. The summed E-state index contributed by atoms with van der Waals surface area (Å²) in [5.74, 6) is 0.956. The van der Waals surface area contributed by atoms with Crippen molar-refractivity contribution in [2.24, 2.45) is 0 Å². The molecule has 0 spiro atoms. The summed E-state index contributed by atoms with van der Waals surface area (Å²) in [6.45, 7) is 2.96. The second-order valence-electron chi connectivity index (χ2n) is 3.86. The predicted molar refractivity (Wildman–Crippen MR) is 75.6 cm³/mol. The summed E-state index contributed by atoms with van der Waals surface area (Å²) in [6, 6.07) is 8.64. The van der Waals surface area contributed by atoms with E-state index in [1.807, 2.05) is 18.8 Å². The average molecular weight is 264 g/mol. The Morgan fingerprint density at radius 1 is 1.29 bits per heavy atom. The van der Waals surface area contributed by atoms with Gasteiger partial charge in [0.25, 0.3) is 0 Å². The molecule has 1 aromatic carbocycles. The summed E-state index contributed by atoms with van der Waals surface area (Å²) in [7, 11) is 1.94. The molecule has 1 aromatic heterocycles. The third-order valence-electron chi connectivity index (χ3n) is 2.34. The number of thioether (sulfide) groups is 1. The van der Waals surface area contributed by atoms with Gasteiger partial charge in [0.05, 0.1) is 11.4 Å². The van der Waals surface area contributed by atoms with E-state index in [1.165, 1.54) is 15.5 Å². The molecular formula is C13H16N2S2. The van der Waals surface area contributed by atoms with E-state index in [1.54, 1.807) is 11.3 Å². The number of benzene rings is 1. The molecule has 0 saturated carbocycles. The van der Waals surface area contributed by atoms with Gasteiger partial charge in [-0.3, -0.25) is 0 Å². The highest BCUT2D eigenvalue weighted by atomic mass is 32.2. The normalized spacial score (nSPS) is 10.7. The molecule has 4 heteroatoms. The fraction of sp³-hybridized carbons (Fsp3) is 0.308. The number of hydrogen-bond donors (Lipinski definition) is 1. The van der Waals surface area contributed by atoms with Crippen molar-refractivity contribution in [2.45, 2.75) is 24.1 Å². The molecule has 0 bridgehead atoms. The van der Waals surface area contributed by atoms with Crippen LogP contribution in [0.2, 0.25) is 0 Å². The highest BCUT2D eigenvalue weighted by Gasteiger charge is 2.02. The first-order valence-corrected chi connectivity index (χ1v) is 7.42. The van der Waals surface area contributed by atoms with E-state index in [9.17, 15) is 0 Å². The SMILES string of the molecule is CNCc1csc(CSc2ccc(C)cc2)n1. The number of rotatable bonds is 5. The van der Waals surface area contributed by atoms with E-state index in [2.05, 4.69) is 46.9 Å². The maximum Gasteiger partial charge on any atom is 0.103 e. The number of thiazole rings is 1. The van der Waals surface area contributed by atoms with E-state index < -0.39 is 0 Å². The summed E-state index contributed by atoms with van der Waals surface area (Å²) in [6.07, 6.45) is 0. The van der Waals surface area contributed by atoms with Crippen LogP contribution < -0.4 is 5.32 Å². The number of aromatic nitrogens is 1. The number of nitrogens with one attached hydrogen (secondary N) is 1. The van der Waals surface area contributed by atoms with Crippen LogP contribution in [0.3, 0.4) is 0 Å². The van der Waals surface area contributed by atoms with E-state index in [4.69, 9.17) is 0 Å². The monoisotopic (exact) mass is 264 g/mol. The van der Waals surface area contributed by atoms with Gasteiger partial charge in [0.2, 0.25) is 0 Å². The molecule has 1 N–H and O–H groups in total. The molecule has 0 atom stereocenters. The van der Waals surface area contributed by atoms with Crippen molar-refractivity contribution in [1.82, 2.24) is 10.3 Å². The van der Waals surface area contributed by atoms with Crippen molar-refractivity contribution in [3.8, 4) is 0 Å². The molecule has 2 rings (SSSR count). The summed E-state index contributed by atoms with van der Waals surface area (Å²) in [4.78, 5) is 5.87. The largest absolute Gasteiger partial charge is 0.314 e. The molecule has 0 saturated heterocycles. The van der Waals surface area contributed by atoms with Crippen LogP contribution >= 0.6 is 23.1 Å². The molecule has 17 heavy (non-hydrogen) atoms. The van der Waals surface area contributed by atoms with Crippen LogP contribution in [0.5, 0.6) is 0 Å². The molecule has 2 aromatic rings. The van der Waals surface area contributed by atoms with Crippen LogP contribution in [0, 0.1) is 6.92 Å². The molecule has 0 aliphatic rings. The molecule has 1 heterocycles. The Bertz CT molecular complexity index is 463. The van der Waals surface area contributed by atoms with Gasteiger partial charge in [0.1, 0.15) is 5.01 Å². The second-order valence-corrected chi connectivity index (χ2v) is 5.86. The molecule has 0 aliphatic heterocycles. The van der Waals surface area contributed by atoms with E-state index >= 15 is 0 Å². The minimum absolute atomic E-state index is 0.853. The van der Waals surface area contributed by atoms with Crippen molar-refractivity contribution in [3.63, 3.8) is 0 Å². The zero-order chi connectivity index (χ0) is 12.1. The van der Waals surface area contributed by atoms with Gasteiger partial charge in [-0.2, -0.15) is 0 Å². The van der Waals surface area contributed by atoms with E-state index in [0.29, 0.717) is 0 Å². The molecule has 0 unspecified atom stereocenters. The van der Waals surface area contributed by atoms with E-state index in [0.717, 1.165) is 18.0 Å². The molecule has 0 amide bonds. The van der Waals surface area contributed by atoms with Crippen molar-refractivity contribution >= 4 is 23.1 Å². The maximum atomic E-state index is 4.57. The van der Waals surface area contributed by atoms with Crippen molar-refractivity contribution in [3.05, 3.63) is 45.9 Å². The van der Waals surface area contributed by atoms with Crippen LogP contribution in [0.25, 0.3) is 0 Å². The lowest BCUT2D eigenvalue weighted by Crippen LogP contribution is -2.05. The Morgan fingerprint density at radius 3 is 2.76 bits per heavy atom. The van der Waals surface area contributed by atoms with Crippen molar-refractivity contribution in [2.75, 3.05) is 7.05 Å². The Balaban J connectivity index is 1.90. The summed E-state index contributed by atoms with van der Waals surface area (Å²) in [5, 5.41) is 6.44. The zero-order valence-corrected chi connectivity index (χ0v) is 11.7. The Kier molecular flexibility index (Phi) is 4.59. The van der Waals surface area contributed by atoms with Crippen LogP contribution in [0.15, 0.2) is 34.5 Å². The minimum atomic E-state index is 0.853. The molecule has 2 nitrogen and oxygen atoms in total. The third-order valence-corrected chi connectivity index (χ3v) is 4.44. The fourth-order valence-electron chi connectivity index (χ4n) is 1.46. The number of aryl methyl sites for hydroxylation is 1. The van der Waals surface area contributed by atoms with E-state index in [-0.39, 0.29) is 0 Å². The highest BCUT2D eigenvalue weighted by Crippen LogP contribution is 2.24. The second kappa shape index (κ2) is 6.19. The predicted octanol–water partition coefficient (Wildman–Crippen LogP) is 3.46. The van der Waals surface area contributed by atoms with Gasteiger partial charge < -0.3 is 5.32 Å².